The van der Waals surface area contributed by atoms with Gasteiger partial charge in [-0.3, -0.25) is 0 Å². The molecule has 0 saturated heterocycles. The van der Waals surface area contributed by atoms with E-state index in [1.54, 1.807) is 7.11 Å². The molecule has 5 heteroatoms. The molecule has 2 aliphatic carbocycles. The predicted octanol–water partition coefficient (Wildman–Crippen LogP) is 5.83. The van der Waals surface area contributed by atoms with E-state index in [9.17, 15) is 12.8 Å². The summed E-state index contributed by atoms with van der Waals surface area (Å²) >= 11 is 0. The number of halogens is 1. The maximum absolute atomic E-state index is 13.8. The van der Waals surface area contributed by atoms with Crippen molar-refractivity contribution in [2.24, 2.45) is 17.3 Å². The molecule has 1 saturated carbocycles. The molecule has 0 aromatic heterocycles. The quantitative estimate of drug-likeness (QED) is 0.538. The molecule has 26 heavy (non-hydrogen) atoms. The summed E-state index contributed by atoms with van der Waals surface area (Å²) in [6, 6.07) is 0. The highest BCUT2D eigenvalue weighted by Gasteiger charge is 2.48. The summed E-state index contributed by atoms with van der Waals surface area (Å²) in [5, 5.41) is -0.981. The largest absolute Gasteiger partial charge is 0.381 e. The van der Waals surface area contributed by atoms with Crippen LogP contribution >= 0.6 is 0 Å². The third-order valence-corrected chi connectivity index (χ3v) is 7.37. The molecular formula is C21H37FO3S. The van der Waals surface area contributed by atoms with Gasteiger partial charge in [0.15, 0.2) is 0 Å². The van der Waals surface area contributed by atoms with Crippen LogP contribution in [0.5, 0.6) is 0 Å². The van der Waals surface area contributed by atoms with E-state index in [2.05, 4.69) is 33.8 Å². The SMILES string of the molecule is CCC.CCS(=O)(=O)/C(F)=C\C[C@@H](C)C1=CC[C@H]2[C@@H](OC)CCC[C@]12C. The van der Waals surface area contributed by atoms with E-state index in [1.165, 1.54) is 25.0 Å². The van der Waals surface area contributed by atoms with Crippen molar-refractivity contribution in [2.75, 3.05) is 12.9 Å². The fourth-order valence-corrected chi connectivity index (χ4v) is 5.06. The van der Waals surface area contributed by atoms with Crippen LogP contribution < -0.4 is 0 Å². The van der Waals surface area contributed by atoms with Crippen LogP contribution in [0.15, 0.2) is 22.9 Å². The Kier molecular flexibility index (Phi) is 9.01. The monoisotopic (exact) mass is 388 g/mol. The minimum absolute atomic E-state index is 0.103. The van der Waals surface area contributed by atoms with E-state index in [-0.39, 0.29) is 17.1 Å². The lowest BCUT2D eigenvalue weighted by molar-refractivity contribution is -0.0233. The van der Waals surface area contributed by atoms with E-state index >= 15 is 0 Å². The molecule has 0 radical (unpaired) electrons. The molecule has 1 fully saturated rings. The highest BCUT2D eigenvalue weighted by atomic mass is 32.2. The molecule has 0 amide bonds. The molecule has 3 nitrogen and oxygen atoms in total. The maximum Gasteiger partial charge on any atom is 0.210 e. The zero-order chi connectivity index (χ0) is 20.0. The summed E-state index contributed by atoms with van der Waals surface area (Å²) in [6.45, 7) is 10.1. The average Bonchev–Trinajstić information content (AvgIpc) is 2.96. The summed E-state index contributed by atoms with van der Waals surface area (Å²) < 4.78 is 42.5. The molecule has 0 aliphatic heterocycles. The van der Waals surface area contributed by atoms with Crippen molar-refractivity contribution in [2.45, 2.75) is 79.2 Å². The lowest BCUT2D eigenvalue weighted by Crippen LogP contribution is -2.40. The first-order valence-corrected chi connectivity index (χ1v) is 11.6. The second-order valence-electron chi connectivity index (χ2n) is 7.84. The van der Waals surface area contributed by atoms with Crippen molar-refractivity contribution in [3.63, 3.8) is 0 Å². The van der Waals surface area contributed by atoms with E-state index in [4.69, 9.17) is 4.74 Å². The number of hydrogen-bond acceptors (Lipinski definition) is 3. The first-order chi connectivity index (χ1) is 12.2. The van der Waals surface area contributed by atoms with Gasteiger partial charge in [-0.05, 0) is 55.4 Å². The molecule has 0 spiro atoms. The van der Waals surface area contributed by atoms with Gasteiger partial charge in [0.2, 0.25) is 15.0 Å². The average molecular weight is 389 g/mol. The summed E-state index contributed by atoms with van der Waals surface area (Å²) in [4.78, 5) is 0. The topological polar surface area (TPSA) is 43.4 Å². The van der Waals surface area contributed by atoms with Crippen LogP contribution in [-0.2, 0) is 14.6 Å². The predicted molar refractivity (Wildman–Crippen MR) is 107 cm³/mol. The van der Waals surface area contributed by atoms with Crippen LogP contribution in [0.1, 0.15) is 73.1 Å². The molecule has 0 aromatic carbocycles. The molecule has 0 bridgehead atoms. The summed E-state index contributed by atoms with van der Waals surface area (Å²) in [5.41, 5.74) is 1.45. The lowest BCUT2D eigenvalue weighted by atomic mass is 9.63. The van der Waals surface area contributed by atoms with E-state index < -0.39 is 15.0 Å². The fourth-order valence-electron chi connectivity index (χ4n) is 4.43. The number of allylic oxidation sites excluding steroid dienone is 3. The molecule has 152 valence electrons. The van der Waals surface area contributed by atoms with Gasteiger partial charge >= 0.3 is 0 Å². The lowest BCUT2D eigenvalue weighted by Gasteiger charge is -2.44. The number of ether oxygens (including phenoxy) is 1. The molecule has 4 atom stereocenters. The van der Waals surface area contributed by atoms with E-state index in [1.807, 2.05) is 0 Å². The Labute approximate surface area is 160 Å². The van der Waals surface area contributed by atoms with Crippen LogP contribution in [-0.4, -0.2) is 27.4 Å². The van der Waals surface area contributed by atoms with E-state index in [0.29, 0.717) is 18.4 Å². The molecule has 0 aromatic rings. The van der Waals surface area contributed by atoms with Gasteiger partial charge in [-0.25, -0.2) is 8.42 Å². The second-order valence-corrected chi connectivity index (χ2v) is 10.0. The van der Waals surface area contributed by atoms with Crippen molar-refractivity contribution in [3.8, 4) is 0 Å². The summed E-state index contributed by atoms with van der Waals surface area (Å²) in [7, 11) is -1.93. The fraction of sp³-hybridized carbons (Fsp3) is 0.810. The summed E-state index contributed by atoms with van der Waals surface area (Å²) in [6.07, 6.45) is 9.89. The van der Waals surface area contributed by atoms with Crippen LogP contribution in [0.25, 0.3) is 0 Å². The first-order valence-electron chi connectivity index (χ1n) is 9.99. The molecular weight excluding hydrogens is 351 g/mol. The van der Waals surface area contributed by atoms with Crippen molar-refractivity contribution < 1.29 is 17.5 Å². The van der Waals surface area contributed by atoms with Crippen molar-refractivity contribution in [1.82, 2.24) is 0 Å². The number of sulfone groups is 1. The molecule has 2 rings (SSSR count). The smallest absolute Gasteiger partial charge is 0.210 e. The molecule has 0 heterocycles. The Balaban J connectivity index is 0.00000105. The Bertz CT molecular complexity index is 609. The van der Waals surface area contributed by atoms with Gasteiger partial charge in [-0.15, -0.1) is 0 Å². The van der Waals surface area contributed by atoms with Crippen molar-refractivity contribution in [1.29, 1.82) is 0 Å². The number of fused-ring (bicyclic) bond motifs is 1. The van der Waals surface area contributed by atoms with Gasteiger partial charge in [0.05, 0.1) is 11.9 Å². The molecule has 0 N–H and O–H groups in total. The number of hydrogen-bond donors (Lipinski definition) is 0. The molecule has 0 unspecified atom stereocenters. The minimum atomic E-state index is -3.71. The first kappa shape index (κ1) is 23.4. The zero-order valence-electron chi connectivity index (χ0n) is 17.3. The Hall–Kier alpha value is -0.680. The summed E-state index contributed by atoms with van der Waals surface area (Å²) in [5.74, 6) is 0.451. The maximum atomic E-state index is 13.8. The third-order valence-electron chi connectivity index (χ3n) is 5.85. The van der Waals surface area contributed by atoms with Gasteiger partial charge in [0.25, 0.3) is 0 Å². The standard InChI is InChI=1S/C18H29FO3S.C3H8/c1-5-23(20,21)17(19)11-8-13(2)14-9-10-15-16(22-4)7-6-12-18(14,15)3;1-3-2/h9,11,13,15-16H,5-8,10,12H2,1-4H3;3H2,1-2H3/b17-11-;/t13-,15+,16+,18-;/m1./s1. The highest BCUT2D eigenvalue weighted by molar-refractivity contribution is 7.94. The number of methoxy groups -OCH3 is 1. The highest BCUT2D eigenvalue weighted by Crippen LogP contribution is 2.55. The van der Waals surface area contributed by atoms with Crippen LogP contribution in [0, 0.1) is 17.3 Å². The zero-order valence-corrected chi connectivity index (χ0v) is 18.2. The van der Waals surface area contributed by atoms with Gasteiger partial charge in [-0.1, -0.05) is 52.7 Å². The van der Waals surface area contributed by atoms with Crippen molar-refractivity contribution in [3.05, 3.63) is 22.9 Å². The van der Waals surface area contributed by atoms with Crippen molar-refractivity contribution >= 4 is 9.84 Å². The Morgan fingerprint density at radius 2 is 2.04 bits per heavy atom. The second kappa shape index (κ2) is 10.0. The molecule has 2 aliphatic rings. The normalized spacial score (nSPS) is 30.1. The van der Waals surface area contributed by atoms with Crippen LogP contribution in [0.2, 0.25) is 0 Å². The minimum Gasteiger partial charge on any atom is -0.381 e. The van der Waals surface area contributed by atoms with E-state index in [0.717, 1.165) is 25.7 Å². The van der Waals surface area contributed by atoms with Crippen LogP contribution in [0.3, 0.4) is 0 Å². The van der Waals surface area contributed by atoms with Gasteiger partial charge in [0, 0.05) is 7.11 Å². The van der Waals surface area contributed by atoms with Gasteiger partial charge in [0.1, 0.15) is 0 Å². The van der Waals surface area contributed by atoms with Crippen LogP contribution in [0.4, 0.5) is 4.39 Å². The van der Waals surface area contributed by atoms with Gasteiger partial charge < -0.3 is 4.74 Å². The van der Waals surface area contributed by atoms with Gasteiger partial charge in [-0.2, -0.15) is 4.39 Å². The Morgan fingerprint density at radius 3 is 2.58 bits per heavy atom. The Morgan fingerprint density at radius 1 is 1.42 bits per heavy atom. The third kappa shape index (κ3) is 5.19. The number of rotatable bonds is 6.